The van der Waals surface area contributed by atoms with Gasteiger partial charge in [0.2, 0.25) is 5.91 Å². The van der Waals surface area contributed by atoms with Crippen LogP contribution in [0.1, 0.15) is 39.0 Å². The van der Waals surface area contributed by atoms with Crippen molar-refractivity contribution in [2.24, 2.45) is 0 Å². The molecule has 1 aliphatic rings. The summed E-state index contributed by atoms with van der Waals surface area (Å²) >= 11 is 0. The third kappa shape index (κ3) is 6.64. The van der Waals surface area contributed by atoms with Gasteiger partial charge in [-0.1, -0.05) is 13.3 Å². The van der Waals surface area contributed by atoms with E-state index in [1.165, 1.54) is 6.42 Å². The Labute approximate surface area is 105 Å². The smallest absolute Gasteiger partial charge is 0.236 e. The molecule has 0 spiro atoms. The quantitative estimate of drug-likeness (QED) is 0.622. The third-order valence-corrected chi connectivity index (χ3v) is 3.02. The lowest BCUT2D eigenvalue weighted by Gasteiger charge is -2.15. The summed E-state index contributed by atoms with van der Waals surface area (Å²) in [5.74, 6) is 0.245. The van der Waals surface area contributed by atoms with Crippen molar-refractivity contribution in [1.82, 2.24) is 10.2 Å². The Morgan fingerprint density at radius 3 is 2.65 bits per heavy atom. The largest absolute Gasteiger partial charge is 0.381 e. The van der Waals surface area contributed by atoms with E-state index < -0.39 is 0 Å². The molecule has 0 unspecified atom stereocenters. The number of amides is 1. The second-order valence-corrected chi connectivity index (χ2v) is 4.58. The Morgan fingerprint density at radius 2 is 1.94 bits per heavy atom. The van der Waals surface area contributed by atoms with Gasteiger partial charge in [-0.25, -0.2) is 0 Å². The maximum atomic E-state index is 11.7. The van der Waals surface area contributed by atoms with Gasteiger partial charge in [0.15, 0.2) is 0 Å². The summed E-state index contributed by atoms with van der Waals surface area (Å²) in [6.45, 7) is 7.06. The minimum atomic E-state index is 0.245. The SMILES string of the molecule is CCCCOCCCNCC(=O)N1CCCC1. The Bertz CT molecular complexity index is 204. The molecule has 1 heterocycles. The molecule has 100 valence electrons. The molecule has 1 amide bonds. The summed E-state index contributed by atoms with van der Waals surface area (Å²) in [5.41, 5.74) is 0. The standard InChI is InChI=1S/C13H26N2O2/c1-2-3-10-17-11-6-7-14-12-13(16)15-8-4-5-9-15/h14H,2-12H2,1H3. The summed E-state index contributed by atoms with van der Waals surface area (Å²) < 4.78 is 5.45. The van der Waals surface area contributed by atoms with Crippen molar-refractivity contribution in [3.63, 3.8) is 0 Å². The number of nitrogens with one attached hydrogen (secondary N) is 1. The van der Waals surface area contributed by atoms with Crippen molar-refractivity contribution in [2.75, 3.05) is 39.4 Å². The van der Waals surface area contributed by atoms with Gasteiger partial charge < -0.3 is 15.0 Å². The second kappa shape index (κ2) is 9.42. The highest BCUT2D eigenvalue weighted by atomic mass is 16.5. The summed E-state index contributed by atoms with van der Waals surface area (Å²) in [6.07, 6.45) is 5.63. The maximum absolute atomic E-state index is 11.7. The fourth-order valence-corrected chi connectivity index (χ4v) is 1.92. The molecule has 0 radical (unpaired) electrons. The maximum Gasteiger partial charge on any atom is 0.236 e. The zero-order valence-electron chi connectivity index (χ0n) is 11.0. The van der Waals surface area contributed by atoms with Gasteiger partial charge in [0.1, 0.15) is 0 Å². The number of hydrogen-bond acceptors (Lipinski definition) is 3. The lowest BCUT2D eigenvalue weighted by molar-refractivity contribution is -0.129. The normalized spacial score (nSPS) is 15.5. The highest BCUT2D eigenvalue weighted by molar-refractivity contribution is 5.78. The van der Waals surface area contributed by atoms with Gasteiger partial charge in [0, 0.05) is 26.3 Å². The monoisotopic (exact) mass is 242 g/mol. The van der Waals surface area contributed by atoms with Crippen molar-refractivity contribution in [3.05, 3.63) is 0 Å². The molecule has 0 aliphatic carbocycles. The number of carbonyl (C=O) groups is 1. The zero-order chi connectivity index (χ0) is 12.3. The molecule has 0 atom stereocenters. The van der Waals surface area contributed by atoms with E-state index in [2.05, 4.69) is 12.2 Å². The Balaban J connectivity index is 1.85. The second-order valence-electron chi connectivity index (χ2n) is 4.58. The van der Waals surface area contributed by atoms with Crippen LogP contribution in [-0.4, -0.2) is 50.2 Å². The van der Waals surface area contributed by atoms with Crippen LogP contribution in [0.5, 0.6) is 0 Å². The first kappa shape index (κ1) is 14.5. The molecule has 1 saturated heterocycles. The highest BCUT2D eigenvalue weighted by Gasteiger charge is 2.16. The van der Waals surface area contributed by atoms with E-state index in [4.69, 9.17) is 4.74 Å². The summed E-state index contributed by atoms with van der Waals surface area (Å²) in [6, 6.07) is 0. The fraction of sp³-hybridized carbons (Fsp3) is 0.923. The number of hydrogen-bond donors (Lipinski definition) is 1. The van der Waals surface area contributed by atoms with E-state index >= 15 is 0 Å². The minimum Gasteiger partial charge on any atom is -0.381 e. The number of carbonyl (C=O) groups excluding carboxylic acids is 1. The molecular weight excluding hydrogens is 216 g/mol. The van der Waals surface area contributed by atoms with Gasteiger partial charge in [0.25, 0.3) is 0 Å². The molecule has 4 heteroatoms. The van der Waals surface area contributed by atoms with Crippen molar-refractivity contribution in [1.29, 1.82) is 0 Å². The molecule has 1 aliphatic heterocycles. The predicted molar refractivity (Wildman–Crippen MR) is 69.0 cm³/mol. The number of ether oxygens (including phenoxy) is 1. The van der Waals surface area contributed by atoms with Gasteiger partial charge in [-0.2, -0.15) is 0 Å². The Kier molecular flexibility index (Phi) is 8.01. The van der Waals surface area contributed by atoms with E-state index in [0.29, 0.717) is 6.54 Å². The lowest BCUT2D eigenvalue weighted by atomic mass is 10.3. The van der Waals surface area contributed by atoms with Crippen molar-refractivity contribution < 1.29 is 9.53 Å². The van der Waals surface area contributed by atoms with Crippen molar-refractivity contribution in [2.45, 2.75) is 39.0 Å². The van der Waals surface area contributed by atoms with Gasteiger partial charge in [0.05, 0.1) is 6.54 Å². The molecule has 1 rings (SSSR count). The van der Waals surface area contributed by atoms with Crippen LogP contribution in [0, 0.1) is 0 Å². The Morgan fingerprint density at radius 1 is 1.24 bits per heavy atom. The molecule has 4 nitrogen and oxygen atoms in total. The first-order chi connectivity index (χ1) is 8.34. The molecule has 0 aromatic heterocycles. The lowest BCUT2D eigenvalue weighted by Crippen LogP contribution is -2.36. The molecule has 0 aromatic rings. The van der Waals surface area contributed by atoms with Crippen LogP contribution in [0.15, 0.2) is 0 Å². The van der Waals surface area contributed by atoms with Gasteiger partial charge in [-0.15, -0.1) is 0 Å². The van der Waals surface area contributed by atoms with Crippen LogP contribution in [0.4, 0.5) is 0 Å². The molecule has 1 N–H and O–H groups in total. The van der Waals surface area contributed by atoms with Crippen molar-refractivity contribution in [3.8, 4) is 0 Å². The van der Waals surface area contributed by atoms with Crippen LogP contribution >= 0.6 is 0 Å². The average molecular weight is 242 g/mol. The molecule has 0 saturated carbocycles. The van der Waals surface area contributed by atoms with Crippen LogP contribution < -0.4 is 5.32 Å². The molecule has 0 aromatic carbocycles. The first-order valence-corrected chi connectivity index (χ1v) is 6.91. The minimum absolute atomic E-state index is 0.245. The molecule has 0 bridgehead atoms. The van der Waals surface area contributed by atoms with E-state index in [0.717, 1.165) is 58.5 Å². The number of rotatable bonds is 9. The van der Waals surface area contributed by atoms with Crippen LogP contribution in [0.25, 0.3) is 0 Å². The van der Waals surface area contributed by atoms with Gasteiger partial charge in [-0.3, -0.25) is 4.79 Å². The summed E-state index contributed by atoms with van der Waals surface area (Å²) in [5, 5.41) is 3.18. The van der Waals surface area contributed by atoms with E-state index in [-0.39, 0.29) is 5.91 Å². The van der Waals surface area contributed by atoms with Crippen LogP contribution in [0.3, 0.4) is 0 Å². The molecular formula is C13H26N2O2. The van der Waals surface area contributed by atoms with E-state index in [1.807, 2.05) is 4.90 Å². The summed E-state index contributed by atoms with van der Waals surface area (Å²) in [4.78, 5) is 13.6. The number of likely N-dealkylation sites (tertiary alicyclic amines) is 1. The van der Waals surface area contributed by atoms with Crippen LogP contribution in [0.2, 0.25) is 0 Å². The fourth-order valence-electron chi connectivity index (χ4n) is 1.92. The zero-order valence-corrected chi connectivity index (χ0v) is 11.0. The average Bonchev–Trinajstić information content (AvgIpc) is 2.86. The number of nitrogens with zero attached hydrogens (tertiary/aromatic N) is 1. The first-order valence-electron chi connectivity index (χ1n) is 6.91. The highest BCUT2D eigenvalue weighted by Crippen LogP contribution is 2.06. The van der Waals surface area contributed by atoms with Crippen molar-refractivity contribution >= 4 is 5.91 Å². The van der Waals surface area contributed by atoms with E-state index in [1.54, 1.807) is 0 Å². The van der Waals surface area contributed by atoms with Gasteiger partial charge >= 0.3 is 0 Å². The summed E-state index contributed by atoms with van der Waals surface area (Å²) in [7, 11) is 0. The predicted octanol–water partition coefficient (Wildman–Crippen LogP) is 1.41. The third-order valence-electron chi connectivity index (χ3n) is 3.02. The molecule has 17 heavy (non-hydrogen) atoms. The number of unbranched alkanes of at least 4 members (excludes halogenated alkanes) is 1. The molecule has 1 fully saturated rings. The topological polar surface area (TPSA) is 41.6 Å². The van der Waals surface area contributed by atoms with Crippen LogP contribution in [-0.2, 0) is 9.53 Å². The van der Waals surface area contributed by atoms with Gasteiger partial charge in [-0.05, 0) is 32.2 Å². The van der Waals surface area contributed by atoms with E-state index in [9.17, 15) is 4.79 Å². The Hall–Kier alpha value is -0.610.